The minimum absolute atomic E-state index is 0.0337. The summed E-state index contributed by atoms with van der Waals surface area (Å²) in [6, 6.07) is 0. The zero-order chi connectivity index (χ0) is 22.7. The van der Waals surface area contributed by atoms with Crippen LogP contribution in [0.3, 0.4) is 0 Å². The van der Waals surface area contributed by atoms with E-state index < -0.39 is 29.8 Å². The number of esters is 2. The average molecular weight is 420 g/mol. The molecule has 0 fully saturated rings. The van der Waals surface area contributed by atoms with E-state index in [9.17, 15) is 29.4 Å². The van der Waals surface area contributed by atoms with Gasteiger partial charge in [-0.25, -0.2) is 9.59 Å². The van der Waals surface area contributed by atoms with Crippen molar-refractivity contribution in [2.24, 2.45) is 0 Å². The summed E-state index contributed by atoms with van der Waals surface area (Å²) in [5.74, 6) is -4.36. The van der Waals surface area contributed by atoms with Gasteiger partial charge in [-0.2, -0.15) is 0 Å². The summed E-state index contributed by atoms with van der Waals surface area (Å²) in [6.07, 6.45) is -0.423. The number of nitrogens with one attached hydrogen (secondary N) is 2. The molecule has 162 valence electrons. The van der Waals surface area contributed by atoms with Crippen LogP contribution < -0.4 is 0 Å². The van der Waals surface area contributed by atoms with Crippen LogP contribution in [0.15, 0.2) is 0 Å². The number of carbonyl (C=O) groups is 4. The van der Waals surface area contributed by atoms with Crippen LogP contribution in [-0.2, 0) is 25.5 Å². The number of ether oxygens (including phenoxy) is 2. The lowest BCUT2D eigenvalue weighted by Crippen LogP contribution is -2.15. The summed E-state index contributed by atoms with van der Waals surface area (Å²) in [6.45, 7) is 4.88. The van der Waals surface area contributed by atoms with Gasteiger partial charge in [0.25, 0.3) is 0 Å². The van der Waals surface area contributed by atoms with Crippen LogP contribution in [0.5, 0.6) is 0 Å². The van der Waals surface area contributed by atoms with Crippen LogP contribution in [-0.4, -0.2) is 58.3 Å². The summed E-state index contributed by atoms with van der Waals surface area (Å²) < 4.78 is 9.51. The number of aromatic nitrogens is 2. The Morgan fingerprint density at radius 2 is 1.30 bits per heavy atom. The molecule has 10 heteroatoms. The van der Waals surface area contributed by atoms with Gasteiger partial charge in [0.05, 0.1) is 33.0 Å². The van der Waals surface area contributed by atoms with Crippen molar-refractivity contribution in [2.45, 2.75) is 39.5 Å². The lowest BCUT2D eigenvalue weighted by atomic mass is 9.90. The Bertz CT molecular complexity index is 1010. The molecule has 0 saturated carbocycles. The van der Waals surface area contributed by atoms with Crippen LogP contribution in [0.2, 0.25) is 0 Å². The maximum absolute atomic E-state index is 12.1. The molecule has 4 N–H and O–H groups in total. The van der Waals surface area contributed by atoms with Crippen molar-refractivity contribution >= 4 is 23.9 Å². The predicted octanol–water partition coefficient (Wildman–Crippen LogP) is 2.07. The Labute approximate surface area is 172 Å². The first-order valence-electron chi connectivity index (χ1n) is 9.03. The van der Waals surface area contributed by atoms with Gasteiger partial charge in [-0.1, -0.05) is 0 Å². The molecule has 30 heavy (non-hydrogen) atoms. The molecule has 0 spiro atoms. The standard InChI is InChI=1S/C20H24N2O8/c1-8-9(2)16(19(25)26)21-15(8)12(7-14(24)30-5)18-11(6-13(23)29-4)10(3)17(22-18)20(27)28/h12,21-22H,6-7H2,1-5H3,(H,25,26)(H,27,28). The molecule has 2 rings (SSSR count). The highest BCUT2D eigenvalue weighted by molar-refractivity contribution is 5.90. The Kier molecular flexibility index (Phi) is 6.70. The molecule has 2 aromatic heterocycles. The number of hydrogen-bond donors (Lipinski definition) is 4. The largest absolute Gasteiger partial charge is 0.477 e. The zero-order valence-electron chi connectivity index (χ0n) is 17.3. The summed E-state index contributed by atoms with van der Waals surface area (Å²) in [4.78, 5) is 53.0. The van der Waals surface area contributed by atoms with Crippen molar-refractivity contribution in [1.82, 2.24) is 9.97 Å². The fourth-order valence-electron chi connectivity index (χ4n) is 3.48. The van der Waals surface area contributed by atoms with E-state index in [4.69, 9.17) is 9.47 Å². The number of methoxy groups -OCH3 is 2. The van der Waals surface area contributed by atoms with Crippen LogP contribution >= 0.6 is 0 Å². The van der Waals surface area contributed by atoms with Gasteiger partial charge >= 0.3 is 23.9 Å². The Morgan fingerprint density at radius 1 is 0.800 bits per heavy atom. The topological polar surface area (TPSA) is 159 Å². The summed E-state index contributed by atoms with van der Waals surface area (Å²) >= 11 is 0. The molecular weight excluding hydrogens is 396 g/mol. The monoisotopic (exact) mass is 420 g/mol. The molecule has 0 amide bonds. The minimum atomic E-state index is -1.23. The first kappa shape index (κ1) is 22.7. The third kappa shape index (κ3) is 4.22. The van der Waals surface area contributed by atoms with E-state index in [1.165, 1.54) is 14.2 Å². The molecule has 0 bridgehead atoms. The van der Waals surface area contributed by atoms with Gasteiger partial charge in [-0.3, -0.25) is 9.59 Å². The van der Waals surface area contributed by atoms with Gasteiger partial charge < -0.3 is 29.7 Å². The van der Waals surface area contributed by atoms with Crippen molar-refractivity contribution in [3.05, 3.63) is 45.0 Å². The number of hydrogen-bond acceptors (Lipinski definition) is 6. The Hall–Kier alpha value is -3.56. The first-order valence-corrected chi connectivity index (χ1v) is 9.03. The first-order chi connectivity index (χ1) is 14.0. The van der Waals surface area contributed by atoms with Crippen LogP contribution in [0, 0.1) is 20.8 Å². The molecule has 0 aliphatic heterocycles. The summed E-state index contributed by atoms with van der Waals surface area (Å²) in [5, 5.41) is 19.0. The average Bonchev–Trinajstić information content (AvgIpc) is 3.17. The number of H-pyrrole nitrogens is 2. The third-order valence-corrected chi connectivity index (χ3v) is 5.29. The molecule has 1 atom stereocenters. The highest BCUT2D eigenvalue weighted by Crippen LogP contribution is 2.36. The van der Waals surface area contributed by atoms with Gasteiger partial charge in [0, 0.05) is 11.4 Å². The van der Waals surface area contributed by atoms with E-state index in [0.29, 0.717) is 33.6 Å². The quantitative estimate of drug-likeness (QED) is 0.472. The van der Waals surface area contributed by atoms with E-state index >= 15 is 0 Å². The van der Waals surface area contributed by atoms with Crippen molar-refractivity contribution in [2.75, 3.05) is 14.2 Å². The number of carboxylic acids is 2. The second-order valence-corrected chi connectivity index (χ2v) is 6.88. The number of aromatic carboxylic acids is 2. The number of carbonyl (C=O) groups excluding carboxylic acids is 2. The Morgan fingerprint density at radius 3 is 1.77 bits per heavy atom. The van der Waals surface area contributed by atoms with Crippen molar-refractivity contribution in [3.8, 4) is 0 Å². The maximum Gasteiger partial charge on any atom is 0.352 e. The Balaban J connectivity index is 2.77. The van der Waals surface area contributed by atoms with Gasteiger partial charge in [-0.05, 0) is 43.0 Å². The normalized spacial score (nSPS) is 11.8. The number of aromatic amines is 2. The van der Waals surface area contributed by atoms with E-state index in [1.54, 1.807) is 20.8 Å². The lowest BCUT2D eigenvalue weighted by molar-refractivity contribution is -0.141. The van der Waals surface area contributed by atoms with Gasteiger partial charge in [0.2, 0.25) is 0 Å². The molecule has 0 saturated heterocycles. The summed E-state index contributed by atoms with van der Waals surface area (Å²) in [7, 11) is 2.43. The molecule has 0 aliphatic carbocycles. The van der Waals surface area contributed by atoms with Gasteiger partial charge in [0.1, 0.15) is 11.4 Å². The predicted molar refractivity (Wildman–Crippen MR) is 104 cm³/mol. The molecule has 0 aliphatic rings. The second-order valence-electron chi connectivity index (χ2n) is 6.88. The van der Waals surface area contributed by atoms with Crippen molar-refractivity contribution in [1.29, 1.82) is 0 Å². The van der Waals surface area contributed by atoms with Crippen LogP contribution in [0.25, 0.3) is 0 Å². The zero-order valence-corrected chi connectivity index (χ0v) is 17.3. The fourth-order valence-corrected chi connectivity index (χ4v) is 3.48. The molecule has 1 unspecified atom stereocenters. The smallest absolute Gasteiger partial charge is 0.352 e. The van der Waals surface area contributed by atoms with Crippen LogP contribution in [0.4, 0.5) is 0 Å². The van der Waals surface area contributed by atoms with Crippen molar-refractivity contribution < 1.29 is 38.9 Å². The summed E-state index contributed by atoms with van der Waals surface area (Å²) in [5.41, 5.74) is 2.36. The number of rotatable bonds is 8. The van der Waals surface area contributed by atoms with E-state index in [0.717, 1.165) is 0 Å². The lowest BCUT2D eigenvalue weighted by Gasteiger charge is -2.17. The maximum atomic E-state index is 12.1. The molecule has 2 heterocycles. The minimum Gasteiger partial charge on any atom is -0.477 e. The van der Waals surface area contributed by atoms with Crippen molar-refractivity contribution in [3.63, 3.8) is 0 Å². The molecular formula is C20H24N2O8. The second kappa shape index (κ2) is 8.85. The highest BCUT2D eigenvalue weighted by atomic mass is 16.5. The number of carboxylic acid groups (broad SMARTS) is 2. The molecule has 0 radical (unpaired) electrons. The third-order valence-electron chi connectivity index (χ3n) is 5.29. The fraction of sp³-hybridized carbons (Fsp3) is 0.400. The van der Waals surface area contributed by atoms with Crippen LogP contribution in [0.1, 0.15) is 67.0 Å². The van der Waals surface area contributed by atoms with E-state index in [1.807, 2.05) is 0 Å². The highest BCUT2D eigenvalue weighted by Gasteiger charge is 2.32. The molecule has 2 aromatic rings. The molecule has 10 nitrogen and oxygen atoms in total. The SMILES string of the molecule is COC(=O)Cc1c(C(CC(=O)OC)c2[nH]c(C(=O)O)c(C)c2C)[nH]c(C(=O)O)c1C. The van der Waals surface area contributed by atoms with E-state index in [-0.39, 0.29) is 24.2 Å². The van der Waals surface area contributed by atoms with Gasteiger partial charge in [-0.15, -0.1) is 0 Å². The van der Waals surface area contributed by atoms with E-state index in [2.05, 4.69) is 9.97 Å². The van der Waals surface area contributed by atoms with Gasteiger partial charge in [0.15, 0.2) is 0 Å². The molecule has 0 aromatic carbocycles.